The van der Waals surface area contributed by atoms with Gasteiger partial charge in [0.1, 0.15) is 0 Å². The first-order valence-electron chi connectivity index (χ1n) is 5.27. The van der Waals surface area contributed by atoms with E-state index >= 15 is 0 Å². The molecule has 1 atom stereocenters. The number of anilines is 1. The molecule has 0 spiro atoms. The Bertz CT molecular complexity index is 407. The van der Waals surface area contributed by atoms with Gasteiger partial charge in [-0.2, -0.15) is 0 Å². The maximum absolute atomic E-state index is 11.8. The van der Waals surface area contributed by atoms with Crippen LogP contribution in [0.1, 0.15) is 30.1 Å². The fourth-order valence-electron chi connectivity index (χ4n) is 1.41. The number of terminal acetylenes is 1. The second-order valence-electron chi connectivity index (χ2n) is 3.57. The summed E-state index contributed by atoms with van der Waals surface area (Å²) in [5, 5.41) is 2.86. The molecule has 84 valence electrons. The van der Waals surface area contributed by atoms with E-state index in [0.717, 1.165) is 6.42 Å². The highest BCUT2D eigenvalue weighted by Crippen LogP contribution is 2.11. The first kappa shape index (κ1) is 12.1. The van der Waals surface area contributed by atoms with Crippen molar-refractivity contribution in [1.82, 2.24) is 5.32 Å². The third kappa shape index (κ3) is 3.03. The lowest BCUT2D eigenvalue weighted by atomic mass is 10.1. The normalized spacial score (nSPS) is 11.5. The van der Waals surface area contributed by atoms with Crippen LogP contribution >= 0.6 is 0 Å². The molecule has 1 aromatic rings. The molecule has 3 nitrogen and oxygen atoms in total. The highest BCUT2D eigenvalue weighted by atomic mass is 16.1. The number of carbonyl (C=O) groups excluding carboxylic acids is 1. The van der Waals surface area contributed by atoms with Crippen LogP contribution in [0.5, 0.6) is 0 Å². The maximum Gasteiger partial charge on any atom is 0.253 e. The van der Waals surface area contributed by atoms with Gasteiger partial charge in [0.15, 0.2) is 0 Å². The molecule has 0 bridgehead atoms. The molecule has 0 aliphatic heterocycles. The second kappa shape index (κ2) is 5.82. The van der Waals surface area contributed by atoms with E-state index in [4.69, 9.17) is 12.2 Å². The van der Waals surface area contributed by atoms with Crippen molar-refractivity contribution < 1.29 is 4.79 Å². The molecule has 1 amide bonds. The fourth-order valence-corrected chi connectivity index (χ4v) is 1.41. The Morgan fingerprint density at radius 2 is 2.25 bits per heavy atom. The summed E-state index contributed by atoms with van der Waals surface area (Å²) >= 11 is 0. The molecule has 0 fully saturated rings. The van der Waals surface area contributed by atoms with E-state index < -0.39 is 0 Å². The van der Waals surface area contributed by atoms with Gasteiger partial charge < -0.3 is 11.1 Å². The average Bonchev–Trinajstić information content (AvgIpc) is 2.28. The van der Waals surface area contributed by atoms with Gasteiger partial charge in [-0.15, -0.1) is 12.3 Å². The summed E-state index contributed by atoms with van der Waals surface area (Å²) in [6.07, 6.45) is 6.57. The summed E-state index contributed by atoms with van der Waals surface area (Å²) in [5.41, 5.74) is 6.69. The van der Waals surface area contributed by atoms with E-state index in [1.165, 1.54) is 0 Å². The van der Waals surface area contributed by atoms with Crippen molar-refractivity contribution in [3.63, 3.8) is 0 Å². The quantitative estimate of drug-likeness (QED) is 0.595. The van der Waals surface area contributed by atoms with E-state index in [2.05, 4.69) is 11.2 Å². The summed E-state index contributed by atoms with van der Waals surface area (Å²) in [4.78, 5) is 11.8. The molecule has 0 radical (unpaired) electrons. The van der Waals surface area contributed by atoms with Crippen molar-refractivity contribution in [2.24, 2.45) is 0 Å². The number of hydrogen-bond donors (Lipinski definition) is 2. The summed E-state index contributed by atoms with van der Waals surface area (Å²) in [5.74, 6) is 2.38. The van der Waals surface area contributed by atoms with Crippen LogP contribution in [0.2, 0.25) is 0 Å². The Balaban J connectivity index is 2.73. The van der Waals surface area contributed by atoms with Crippen LogP contribution in [0.4, 0.5) is 5.69 Å². The van der Waals surface area contributed by atoms with Gasteiger partial charge in [0.25, 0.3) is 5.91 Å². The third-order valence-electron chi connectivity index (χ3n) is 2.40. The highest BCUT2D eigenvalue weighted by molar-refractivity contribution is 5.99. The predicted octanol–water partition coefficient (Wildman–Crippen LogP) is 1.80. The Hall–Kier alpha value is -1.95. The van der Waals surface area contributed by atoms with Gasteiger partial charge in [-0.05, 0) is 18.6 Å². The Morgan fingerprint density at radius 1 is 1.56 bits per heavy atom. The molecule has 0 aromatic heterocycles. The van der Waals surface area contributed by atoms with Crippen LogP contribution in [0, 0.1) is 12.3 Å². The molecule has 0 heterocycles. The first-order chi connectivity index (χ1) is 7.69. The van der Waals surface area contributed by atoms with Crippen molar-refractivity contribution >= 4 is 11.6 Å². The summed E-state index contributed by atoms with van der Waals surface area (Å²) in [6, 6.07) is 7.00. The standard InChI is InChI=1S/C13H16N2O/c1-3-7-10(4-2)15-13(16)11-8-5-6-9-12(11)14/h1,5-6,8-10H,4,7,14H2,2H3,(H,15,16). The number of nitrogens with one attached hydrogen (secondary N) is 1. The highest BCUT2D eigenvalue weighted by Gasteiger charge is 2.12. The summed E-state index contributed by atoms with van der Waals surface area (Å²) in [7, 11) is 0. The molecule has 16 heavy (non-hydrogen) atoms. The third-order valence-corrected chi connectivity index (χ3v) is 2.40. The number of hydrogen-bond acceptors (Lipinski definition) is 2. The van der Waals surface area contributed by atoms with Crippen molar-refractivity contribution in [1.29, 1.82) is 0 Å². The van der Waals surface area contributed by atoms with Gasteiger partial charge in [-0.3, -0.25) is 4.79 Å². The monoisotopic (exact) mass is 216 g/mol. The number of nitrogens with two attached hydrogens (primary N) is 1. The minimum Gasteiger partial charge on any atom is -0.398 e. The molecule has 1 unspecified atom stereocenters. The molecule has 0 saturated carbocycles. The fraction of sp³-hybridized carbons (Fsp3) is 0.308. The molecule has 3 N–H and O–H groups in total. The zero-order valence-corrected chi connectivity index (χ0v) is 9.36. The van der Waals surface area contributed by atoms with E-state index in [0.29, 0.717) is 17.7 Å². The van der Waals surface area contributed by atoms with Gasteiger partial charge in [0.2, 0.25) is 0 Å². The van der Waals surface area contributed by atoms with E-state index in [1.807, 2.05) is 6.92 Å². The SMILES string of the molecule is C#CCC(CC)NC(=O)c1ccccc1N. The van der Waals surface area contributed by atoms with Crippen molar-refractivity contribution in [3.8, 4) is 12.3 Å². The topological polar surface area (TPSA) is 55.1 Å². The number of rotatable bonds is 4. The first-order valence-corrected chi connectivity index (χ1v) is 5.27. The lowest BCUT2D eigenvalue weighted by Gasteiger charge is -2.14. The van der Waals surface area contributed by atoms with Gasteiger partial charge in [-0.25, -0.2) is 0 Å². The van der Waals surface area contributed by atoms with Crippen LogP contribution < -0.4 is 11.1 Å². The lowest BCUT2D eigenvalue weighted by molar-refractivity contribution is 0.0937. The number of amides is 1. The van der Waals surface area contributed by atoms with Crippen molar-refractivity contribution in [2.75, 3.05) is 5.73 Å². The second-order valence-corrected chi connectivity index (χ2v) is 3.57. The largest absolute Gasteiger partial charge is 0.398 e. The molecule has 0 aliphatic rings. The van der Waals surface area contributed by atoms with E-state index in [9.17, 15) is 4.79 Å². The van der Waals surface area contributed by atoms with Crippen LogP contribution in [0.15, 0.2) is 24.3 Å². The zero-order valence-electron chi connectivity index (χ0n) is 9.36. The van der Waals surface area contributed by atoms with E-state index in [1.54, 1.807) is 24.3 Å². The summed E-state index contributed by atoms with van der Waals surface area (Å²) < 4.78 is 0. The van der Waals surface area contributed by atoms with Crippen LogP contribution in [0.3, 0.4) is 0 Å². The molecular weight excluding hydrogens is 200 g/mol. The van der Waals surface area contributed by atoms with Gasteiger partial charge in [0, 0.05) is 18.2 Å². The number of para-hydroxylation sites is 1. The Labute approximate surface area is 96.0 Å². The van der Waals surface area contributed by atoms with Gasteiger partial charge in [0.05, 0.1) is 5.56 Å². The van der Waals surface area contributed by atoms with Gasteiger partial charge >= 0.3 is 0 Å². The van der Waals surface area contributed by atoms with Crippen LogP contribution in [-0.2, 0) is 0 Å². The van der Waals surface area contributed by atoms with Crippen molar-refractivity contribution in [2.45, 2.75) is 25.8 Å². The predicted molar refractivity (Wildman–Crippen MR) is 65.8 cm³/mol. The minimum absolute atomic E-state index is 0.0112. The molecular formula is C13H16N2O. The number of carbonyl (C=O) groups is 1. The number of nitrogen functional groups attached to an aromatic ring is 1. The molecule has 0 aliphatic carbocycles. The molecule has 1 aromatic carbocycles. The molecule has 1 rings (SSSR count). The number of benzene rings is 1. The lowest BCUT2D eigenvalue weighted by Crippen LogP contribution is -2.34. The summed E-state index contributed by atoms with van der Waals surface area (Å²) in [6.45, 7) is 1.98. The zero-order chi connectivity index (χ0) is 12.0. The van der Waals surface area contributed by atoms with Crippen LogP contribution in [-0.4, -0.2) is 11.9 Å². The molecule has 0 saturated heterocycles. The van der Waals surface area contributed by atoms with E-state index in [-0.39, 0.29) is 11.9 Å². The van der Waals surface area contributed by atoms with Crippen molar-refractivity contribution in [3.05, 3.63) is 29.8 Å². The average molecular weight is 216 g/mol. The minimum atomic E-state index is -0.166. The maximum atomic E-state index is 11.8. The smallest absolute Gasteiger partial charge is 0.253 e. The molecule has 3 heteroatoms. The Kier molecular flexibility index (Phi) is 4.41. The Morgan fingerprint density at radius 3 is 2.81 bits per heavy atom. The van der Waals surface area contributed by atoms with Crippen LogP contribution in [0.25, 0.3) is 0 Å². The van der Waals surface area contributed by atoms with Gasteiger partial charge in [-0.1, -0.05) is 19.1 Å².